The van der Waals surface area contributed by atoms with Gasteiger partial charge in [0.15, 0.2) is 5.82 Å². The lowest BCUT2D eigenvalue weighted by molar-refractivity contribution is 0.107. The van der Waals surface area contributed by atoms with E-state index in [1.54, 1.807) is 0 Å². The minimum absolute atomic E-state index is 0.0282. The van der Waals surface area contributed by atoms with E-state index in [1.807, 2.05) is 12.1 Å². The number of nitrogens with zero attached hydrogens (tertiary/aromatic N) is 5. The molecule has 4 aromatic rings. The molecular weight excluding hydrogens is 574 g/mol. The normalized spacial score (nSPS) is 30.4. The van der Waals surface area contributed by atoms with E-state index in [1.165, 1.54) is 5.56 Å². The molecule has 5 aliphatic heterocycles. The van der Waals surface area contributed by atoms with Crippen molar-refractivity contribution in [3.05, 3.63) is 47.8 Å². The fourth-order valence-electron chi connectivity index (χ4n) is 9.11. The Morgan fingerprint density at radius 2 is 1.91 bits per heavy atom. The molecule has 2 aromatic carbocycles. The fourth-order valence-corrected chi connectivity index (χ4v) is 9.11. The number of pyridine rings is 1. The minimum atomic E-state index is -0.861. The van der Waals surface area contributed by atoms with Crippen LogP contribution in [0, 0.1) is 5.82 Å². The summed E-state index contributed by atoms with van der Waals surface area (Å²) < 4.78 is 44.5. The van der Waals surface area contributed by atoms with Gasteiger partial charge in [-0.3, -0.25) is 4.90 Å². The molecule has 1 saturated carbocycles. The van der Waals surface area contributed by atoms with Crippen molar-refractivity contribution in [1.29, 1.82) is 0 Å². The lowest BCUT2D eigenvalue weighted by Crippen LogP contribution is -2.60. The Labute approximate surface area is 260 Å². The van der Waals surface area contributed by atoms with Crippen LogP contribution >= 0.6 is 0 Å². The number of rotatable bonds is 5. The summed E-state index contributed by atoms with van der Waals surface area (Å²) in [6.07, 6.45) is 5.90. The van der Waals surface area contributed by atoms with Crippen LogP contribution in [-0.2, 0) is 0 Å². The second-order valence-corrected chi connectivity index (χ2v) is 14.1. The summed E-state index contributed by atoms with van der Waals surface area (Å²) in [6, 6.07) is 13.1. The first-order chi connectivity index (χ1) is 22.0. The smallest absolute Gasteiger partial charge is 0.319 e. The highest BCUT2D eigenvalue weighted by molar-refractivity contribution is 6.02. The third-order valence-corrected chi connectivity index (χ3v) is 11.4. The van der Waals surface area contributed by atoms with E-state index >= 15 is 4.39 Å². The molecule has 1 aliphatic carbocycles. The monoisotopic (exact) mass is 610 g/mol. The highest BCUT2D eigenvalue weighted by Gasteiger charge is 2.50. The zero-order chi connectivity index (χ0) is 29.9. The first-order valence-corrected chi connectivity index (χ1v) is 16.7. The van der Waals surface area contributed by atoms with Crippen LogP contribution in [0.3, 0.4) is 0 Å². The Balaban J connectivity index is 1.15. The maximum absolute atomic E-state index is 17.1. The minimum Gasteiger partial charge on any atom is -0.475 e. The number of nitrogens with one attached hydrogen (secondary N) is 1. The molecule has 5 atom stereocenters. The quantitative estimate of drug-likeness (QED) is 0.317. The Kier molecular flexibility index (Phi) is 5.72. The Morgan fingerprint density at radius 3 is 2.80 bits per heavy atom. The van der Waals surface area contributed by atoms with Gasteiger partial charge in [-0.25, -0.2) is 13.8 Å². The highest BCUT2D eigenvalue weighted by Crippen LogP contribution is 2.48. The number of hydrogen-bond acceptors (Lipinski definition) is 8. The van der Waals surface area contributed by atoms with Gasteiger partial charge in [-0.05, 0) is 67.3 Å². The Morgan fingerprint density at radius 1 is 1.02 bits per heavy atom. The number of halogens is 2. The number of benzene rings is 2. The van der Waals surface area contributed by atoms with E-state index in [9.17, 15) is 4.39 Å². The second kappa shape index (κ2) is 9.69. The summed E-state index contributed by atoms with van der Waals surface area (Å²) in [5.41, 5.74) is 2.04. The molecule has 0 spiro atoms. The average Bonchev–Trinajstić information content (AvgIpc) is 3.66. The highest BCUT2D eigenvalue weighted by atomic mass is 19.1. The molecule has 8 nitrogen and oxygen atoms in total. The van der Waals surface area contributed by atoms with Gasteiger partial charge in [0.25, 0.3) is 0 Å². The summed E-state index contributed by atoms with van der Waals surface area (Å²) in [4.78, 5) is 19.1. The van der Waals surface area contributed by atoms with E-state index < -0.39 is 12.0 Å². The Hall–Kier alpha value is -3.63. The topological polar surface area (TPSA) is 75.6 Å². The van der Waals surface area contributed by atoms with Crippen molar-refractivity contribution in [2.75, 3.05) is 37.7 Å². The van der Waals surface area contributed by atoms with E-state index in [4.69, 9.17) is 24.4 Å². The molecule has 6 aliphatic rings. The van der Waals surface area contributed by atoms with Gasteiger partial charge in [-0.2, -0.15) is 9.97 Å². The summed E-state index contributed by atoms with van der Waals surface area (Å²) in [7, 11) is 0. The molecular formula is C35H36F2N6O2. The molecule has 2 bridgehead atoms. The third kappa shape index (κ3) is 4.03. The van der Waals surface area contributed by atoms with E-state index in [-0.39, 0.29) is 41.5 Å². The van der Waals surface area contributed by atoms with Crippen molar-refractivity contribution in [1.82, 2.24) is 25.2 Å². The number of fused-ring (bicyclic) bond motifs is 7. The summed E-state index contributed by atoms with van der Waals surface area (Å²) in [5, 5.41) is 6.35. The predicted octanol–water partition coefficient (Wildman–Crippen LogP) is 5.52. The van der Waals surface area contributed by atoms with Gasteiger partial charge < -0.3 is 19.7 Å². The Bertz CT molecular complexity index is 1860. The molecule has 10 heteroatoms. The largest absolute Gasteiger partial charge is 0.475 e. The zero-order valence-electron chi connectivity index (χ0n) is 25.1. The summed E-state index contributed by atoms with van der Waals surface area (Å²) >= 11 is 0. The second-order valence-electron chi connectivity index (χ2n) is 14.1. The predicted molar refractivity (Wildman–Crippen MR) is 167 cm³/mol. The summed E-state index contributed by atoms with van der Waals surface area (Å²) in [5.74, 6) is 0.977. The van der Waals surface area contributed by atoms with Gasteiger partial charge in [-0.15, -0.1) is 0 Å². The van der Waals surface area contributed by atoms with Gasteiger partial charge in [0.05, 0.1) is 11.6 Å². The van der Waals surface area contributed by atoms with Crippen LogP contribution < -0.4 is 19.7 Å². The molecule has 232 valence electrons. The number of anilines is 1. The number of ether oxygens (including phenoxy) is 2. The molecule has 0 radical (unpaired) electrons. The molecule has 3 unspecified atom stereocenters. The van der Waals surface area contributed by atoms with Gasteiger partial charge in [0.2, 0.25) is 5.88 Å². The maximum Gasteiger partial charge on any atom is 0.319 e. The number of alkyl halides is 1. The first kappa shape index (κ1) is 26.6. The maximum atomic E-state index is 17.1. The van der Waals surface area contributed by atoms with Crippen LogP contribution in [0.5, 0.6) is 11.9 Å². The molecule has 4 saturated heterocycles. The van der Waals surface area contributed by atoms with Gasteiger partial charge in [0.1, 0.15) is 41.8 Å². The van der Waals surface area contributed by atoms with Crippen LogP contribution in [0.25, 0.3) is 32.9 Å². The van der Waals surface area contributed by atoms with Gasteiger partial charge in [-0.1, -0.05) is 36.4 Å². The average molecular weight is 611 g/mol. The van der Waals surface area contributed by atoms with Crippen LogP contribution in [0.2, 0.25) is 0 Å². The van der Waals surface area contributed by atoms with Crippen LogP contribution in [0.4, 0.5) is 14.6 Å². The van der Waals surface area contributed by atoms with Crippen LogP contribution in [0.1, 0.15) is 56.4 Å². The van der Waals surface area contributed by atoms with Gasteiger partial charge in [0, 0.05) is 37.2 Å². The van der Waals surface area contributed by atoms with Crippen molar-refractivity contribution in [2.24, 2.45) is 0 Å². The van der Waals surface area contributed by atoms with E-state index in [0.717, 1.165) is 68.0 Å². The fraction of sp³-hybridized carbons (Fsp3) is 0.514. The zero-order valence-corrected chi connectivity index (χ0v) is 25.1. The molecule has 7 heterocycles. The van der Waals surface area contributed by atoms with Crippen molar-refractivity contribution in [3.63, 3.8) is 0 Å². The molecule has 45 heavy (non-hydrogen) atoms. The number of aromatic nitrogens is 3. The van der Waals surface area contributed by atoms with Crippen molar-refractivity contribution in [2.45, 2.75) is 80.7 Å². The van der Waals surface area contributed by atoms with Crippen LogP contribution in [-0.4, -0.2) is 82.5 Å². The lowest BCUT2D eigenvalue weighted by Gasteiger charge is -2.40. The van der Waals surface area contributed by atoms with Crippen molar-refractivity contribution >= 4 is 27.5 Å². The third-order valence-electron chi connectivity index (χ3n) is 11.4. The van der Waals surface area contributed by atoms with Crippen LogP contribution in [0.15, 0.2) is 36.4 Å². The van der Waals surface area contributed by atoms with Crippen molar-refractivity contribution in [3.8, 4) is 23.1 Å². The molecule has 0 amide bonds. The molecule has 5 fully saturated rings. The molecule has 2 aromatic heterocycles. The number of piperazine rings is 1. The molecule has 10 rings (SSSR count). The SMILES string of the molecule is Fc1c(-c2cccc3cccc(C4CC4)c23)nc2c3c(nc(OC[C@@]45CCCN4C[C@H](F)C5)nc13)N1CC3CCC(N3)C1CO2. The standard InChI is InChI=1S/C35H36F2N6O2/c36-21-14-35(12-3-13-42(35)15-21)18-45-34-40-31-28-32(41-34)43-16-22-10-11-25(38-22)26(43)17-44-33(28)39-30(29(31)37)24-7-2-5-20-4-1-6-23(27(20)24)19-8-9-19/h1-2,4-7,19,21-22,25-26,38H,3,8-18H2/t21-,22?,25?,26?,35+/m1/s1. The number of hydrogen-bond donors (Lipinski definition) is 1. The van der Waals surface area contributed by atoms with Gasteiger partial charge >= 0.3 is 6.01 Å². The summed E-state index contributed by atoms with van der Waals surface area (Å²) in [6.45, 7) is 2.76. The van der Waals surface area contributed by atoms with Crippen molar-refractivity contribution < 1.29 is 18.3 Å². The van der Waals surface area contributed by atoms with E-state index in [2.05, 4.69) is 39.4 Å². The van der Waals surface area contributed by atoms with E-state index in [0.29, 0.717) is 48.6 Å². The molecule has 1 N–H and O–H groups in total. The first-order valence-electron chi connectivity index (χ1n) is 16.7. The lowest BCUT2D eigenvalue weighted by atomic mass is 9.94.